The summed E-state index contributed by atoms with van der Waals surface area (Å²) in [6.45, 7) is 0. The van der Waals surface area contributed by atoms with Crippen molar-refractivity contribution in [1.29, 1.82) is 0 Å². The Morgan fingerprint density at radius 3 is 1.27 bits per heavy atom. The van der Waals surface area contributed by atoms with E-state index in [1.807, 2.05) is 0 Å². The fourth-order valence-corrected chi connectivity index (χ4v) is 14.9. The van der Waals surface area contributed by atoms with Crippen molar-refractivity contribution < 1.29 is 0 Å². The Morgan fingerprint density at radius 1 is 0.294 bits per heavy atom. The maximum Gasteiger partial charge on any atom is 0.0634 e. The number of nitrogens with zero attached hydrogens (tertiary/aromatic N) is 1. The minimum absolute atomic E-state index is 0.489. The molecule has 51 heavy (non-hydrogen) atoms. The smallest absolute Gasteiger partial charge is 0.0634 e. The Balaban J connectivity index is 0.885. The average molecular weight is 704 g/mol. The van der Waals surface area contributed by atoms with Crippen molar-refractivity contribution >= 4 is 0 Å². The van der Waals surface area contributed by atoms with Crippen LogP contribution in [0.1, 0.15) is 199 Å². The molecule has 7 atom stereocenters. The number of hydrogen-bond acceptors (Lipinski definition) is 5. The second kappa shape index (κ2) is 17.3. The summed E-state index contributed by atoms with van der Waals surface area (Å²) in [5, 5.41) is 17.5. The zero-order chi connectivity index (χ0) is 34.0. The third-order valence-electron chi connectivity index (χ3n) is 17.8. The summed E-state index contributed by atoms with van der Waals surface area (Å²) in [7, 11) is 0. The molecule has 0 amide bonds. The lowest BCUT2D eigenvalue weighted by Gasteiger charge is -2.51. The predicted molar refractivity (Wildman–Crippen MR) is 212 cm³/mol. The second-order valence-corrected chi connectivity index (χ2v) is 20.6. The maximum absolute atomic E-state index is 4.40. The summed E-state index contributed by atoms with van der Waals surface area (Å²) in [5.74, 6) is 7.38. The van der Waals surface area contributed by atoms with E-state index < -0.39 is 0 Å². The van der Waals surface area contributed by atoms with Crippen molar-refractivity contribution in [2.24, 2.45) is 47.3 Å². The normalized spacial score (nSPS) is 46.1. The molecule has 2 heterocycles. The molecule has 0 aromatic heterocycles. The van der Waals surface area contributed by atoms with Crippen molar-refractivity contribution in [3.05, 3.63) is 0 Å². The van der Waals surface area contributed by atoms with Gasteiger partial charge in [0.1, 0.15) is 0 Å². The Morgan fingerprint density at radius 2 is 0.706 bits per heavy atom. The number of rotatable bonds is 7. The molecular weight excluding hydrogens is 623 g/mol. The van der Waals surface area contributed by atoms with Crippen LogP contribution in [0.4, 0.5) is 0 Å². The molecule has 2 aliphatic heterocycles. The molecule has 0 spiro atoms. The van der Waals surface area contributed by atoms with Gasteiger partial charge < -0.3 is 0 Å². The van der Waals surface area contributed by atoms with E-state index >= 15 is 0 Å². The van der Waals surface area contributed by atoms with Crippen molar-refractivity contribution in [3.8, 4) is 0 Å². The Bertz CT molecular complexity index is 1000. The largest absolute Gasteiger partial charge is 0.297 e. The van der Waals surface area contributed by atoms with Gasteiger partial charge >= 0.3 is 0 Å². The topological polar surface area (TPSA) is 51.4 Å². The molecule has 0 aromatic rings. The zero-order valence-electron chi connectivity index (χ0n) is 33.0. The van der Waals surface area contributed by atoms with E-state index in [1.54, 1.807) is 0 Å². The van der Waals surface area contributed by atoms with Crippen molar-refractivity contribution in [3.63, 3.8) is 0 Å². The lowest BCUT2D eigenvalue weighted by Crippen LogP contribution is -2.72. The molecule has 9 rings (SSSR count). The Labute approximate surface area is 314 Å². The van der Waals surface area contributed by atoms with Crippen molar-refractivity contribution in [2.75, 3.05) is 0 Å². The first-order chi connectivity index (χ1) is 25.3. The van der Waals surface area contributed by atoms with E-state index in [1.165, 1.54) is 199 Å². The molecule has 0 bridgehead atoms. The lowest BCUT2D eigenvalue weighted by atomic mass is 9.69. The van der Waals surface area contributed by atoms with Crippen LogP contribution >= 0.6 is 0 Å². The Hall–Kier alpha value is -0.200. The summed E-state index contributed by atoms with van der Waals surface area (Å²) in [6.07, 6.45) is 48.0. The molecule has 0 radical (unpaired) electrons. The van der Waals surface area contributed by atoms with E-state index in [0.717, 1.165) is 65.5 Å². The Kier molecular flexibility index (Phi) is 12.4. The van der Waals surface area contributed by atoms with Crippen LogP contribution in [0.25, 0.3) is 0 Å². The fraction of sp³-hybridized carbons (Fsp3) is 1.00. The van der Waals surface area contributed by atoms with Gasteiger partial charge in [-0.15, -0.1) is 0 Å². The first-order valence-corrected chi connectivity index (χ1v) is 24.1. The van der Waals surface area contributed by atoms with Crippen LogP contribution in [0.5, 0.6) is 0 Å². The number of nitrogens with one attached hydrogen (secondary N) is 4. The summed E-state index contributed by atoms with van der Waals surface area (Å²) < 4.78 is 0. The van der Waals surface area contributed by atoms with Crippen molar-refractivity contribution in [2.45, 2.75) is 242 Å². The number of fused-ring (bicyclic) bond motifs is 1. The summed E-state index contributed by atoms with van der Waals surface area (Å²) in [6, 6.07) is 2.44. The van der Waals surface area contributed by atoms with Crippen molar-refractivity contribution in [1.82, 2.24) is 26.2 Å². The van der Waals surface area contributed by atoms with Gasteiger partial charge in [-0.1, -0.05) is 103 Å². The molecule has 7 saturated carbocycles. The minimum atomic E-state index is 0.489. The lowest BCUT2D eigenvalue weighted by molar-refractivity contribution is 0.0128. The van der Waals surface area contributed by atoms with E-state index in [2.05, 4.69) is 26.2 Å². The van der Waals surface area contributed by atoms with E-state index in [-0.39, 0.29) is 0 Å². The van der Waals surface area contributed by atoms with Gasteiger partial charge in [0.05, 0.1) is 24.7 Å². The van der Waals surface area contributed by atoms with E-state index in [9.17, 15) is 0 Å². The SMILES string of the molecule is C1CCC(C2CCC(C3NC(C4CCC(C5CCCCC5)CC4)NC(C4CCCC(C5NC6CCCCC6N5C5CCCCC5)C4)N3)CC2)CC1. The van der Waals surface area contributed by atoms with Gasteiger partial charge in [0, 0.05) is 18.1 Å². The highest BCUT2D eigenvalue weighted by Gasteiger charge is 2.49. The fourth-order valence-electron chi connectivity index (χ4n) is 14.9. The molecule has 7 aliphatic carbocycles. The summed E-state index contributed by atoms with van der Waals surface area (Å²) in [5.41, 5.74) is 0. The third-order valence-corrected chi connectivity index (χ3v) is 17.8. The van der Waals surface area contributed by atoms with Gasteiger partial charge in [-0.2, -0.15) is 0 Å². The van der Waals surface area contributed by atoms with Crippen LogP contribution in [0.3, 0.4) is 0 Å². The molecule has 0 aromatic carbocycles. The molecule has 9 aliphatic rings. The molecule has 290 valence electrons. The first-order valence-electron chi connectivity index (χ1n) is 24.1. The third kappa shape index (κ3) is 8.34. The molecule has 2 saturated heterocycles. The van der Waals surface area contributed by atoms with Gasteiger partial charge in [-0.3, -0.25) is 26.2 Å². The molecule has 4 N–H and O–H groups in total. The molecule has 9 fully saturated rings. The first kappa shape index (κ1) is 36.4. The van der Waals surface area contributed by atoms with Gasteiger partial charge in [-0.05, 0) is 144 Å². The van der Waals surface area contributed by atoms with Gasteiger partial charge in [0.2, 0.25) is 0 Å². The van der Waals surface area contributed by atoms with Gasteiger partial charge in [0.15, 0.2) is 0 Å². The average Bonchev–Trinajstić information content (AvgIpc) is 3.62. The van der Waals surface area contributed by atoms with Crippen LogP contribution in [-0.2, 0) is 0 Å². The van der Waals surface area contributed by atoms with E-state index in [0.29, 0.717) is 24.7 Å². The standard InChI is InChI=1S/C46H81N5/c1-4-13-32(14-5-1)34-23-27-36(28-24-34)43-48-44(37-29-25-35(26-30-37)33-15-6-2-7-16-33)50-45(49-43)38-17-12-18-39(31-38)46-47-41-21-10-11-22-42(41)51(46)40-19-8-3-9-20-40/h32-50H,1-31H2. The number of hydrogen-bond donors (Lipinski definition) is 4. The van der Waals surface area contributed by atoms with Crippen LogP contribution in [0.2, 0.25) is 0 Å². The predicted octanol–water partition coefficient (Wildman–Crippen LogP) is 10.2. The highest BCUT2D eigenvalue weighted by molar-refractivity contribution is 5.04. The van der Waals surface area contributed by atoms with E-state index in [4.69, 9.17) is 0 Å². The second-order valence-electron chi connectivity index (χ2n) is 20.6. The highest BCUT2D eigenvalue weighted by atomic mass is 15.4. The quantitative estimate of drug-likeness (QED) is 0.213. The zero-order valence-corrected chi connectivity index (χ0v) is 33.0. The minimum Gasteiger partial charge on any atom is -0.297 e. The molecular formula is C46H81N5. The molecule has 5 heteroatoms. The van der Waals surface area contributed by atoms with Gasteiger partial charge in [-0.25, -0.2) is 0 Å². The maximum atomic E-state index is 4.40. The van der Waals surface area contributed by atoms with Crippen LogP contribution < -0.4 is 21.3 Å². The summed E-state index contributed by atoms with van der Waals surface area (Å²) in [4.78, 5) is 3.15. The van der Waals surface area contributed by atoms with Crippen LogP contribution in [0.15, 0.2) is 0 Å². The molecule has 7 unspecified atom stereocenters. The van der Waals surface area contributed by atoms with Crippen LogP contribution in [-0.4, -0.2) is 47.7 Å². The monoisotopic (exact) mass is 704 g/mol. The highest BCUT2D eigenvalue weighted by Crippen LogP contribution is 2.46. The molecule has 5 nitrogen and oxygen atoms in total. The van der Waals surface area contributed by atoms with Crippen LogP contribution in [0, 0.1) is 47.3 Å². The van der Waals surface area contributed by atoms with Gasteiger partial charge in [0.25, 0.3) is 0 Å². The summed E-state index contributed by atoms with van der Waals surface area (Å²) >= 11 is 0.